The van der Waals surface area contributed by atoms with Crippen molar-refractivity contribution in [2.75, 3.05) is 0 Å². The van der Waals surface area contributed by atoms with Crippen molar-refractivity contribution in [1.82, 2.24) is 20.1 Å². The maximum absolute atomic E-state index is 12.1. The SMILES string of the molecule is Cc1nn(Cc2ccccc2Cl)c(C)c1/C=C/C(=O)NCc1ccc(Cl)nc1. The van der Waals surface area contributed by atoms with E-state index in [1.54, 1.807) is 18.3 Å². The fourth-order valence-electron chi connectivity index (χ4n) is 2.81. The van der Waals surface area contributed by atoms with Gasteiger partial charge in [0.2, 0.25) is 5.91 Å². The van der Waals surface area contributed by atoms with Crippen molar-refractivity contribution in [3.8, 4) is 0 Å². The molecule has 1 amide bonds. The summed E-state index contributed by atoms with van der Waals surface area (Å²) < 4.78 is 1.90. The number of aryl methyl sites for hydroxylation is 1. The van der Waals surface area contributed by atoms with Gasteiger partial charge in [-0.05, 0) is 43.2 Å². The van der Waals surface area contributed by atoms with Gasteiger partial charge in [0, 0.05) is 35.1 Å². The summed E-state index contributed by atoms with van der Waals surface area (Å²) in [6.07, 6.45) is 4.94. The zero-order valence-corrected chi connectivity index (χ0v) is 17.1. The van der Waals surface area contributed by atoms with E-state index in [9.17, 15) is 4.79 Å². The number of amides is 1. The topological polar surface area (TPSA) is 59.8 Å². The van der Waals surface area contributed by atoms with Crippen molar-refractivity contribution in [3.05, 3.63) is 86.9 Å². The fraction of sp³-hybridized carbons (Fsp3) is 0.190. The Kier molecular flexibility index (Phi) is 6.49. The van der Waals surface area contributed by atoms with Gasteiger partial charge in [-0.25, -0.2) is 4.98 Å². The molecule has 1 aromatic carbocycles. The molecule has 3 aromatic rings. The van der Waals surface area contributed by atoms with Crippen molar-refractivity contribution in [3.63, 3.8) is 0 Å². The van der Waals surface area contributed by atoms with E-state index >= 15 is 0 Å². The molecule has 0 unspecified atom stereocenters. The number of aromatic nitrogens is 3. The number of hydrogen-bond donors (Lipinski definition) is 1. The second-order valence-electron chi connectivity index (χ2n) is 6.37. The maximum Gasteiger partial charge on any atom is 0.244 e. The number of carbonyl (C=O) groups is 1. The zero-order valence-electron chi connectivity index (χ0n) is 15.6. The molecule has 0 radical (unpaired) electrons. The molecule has 2 heterocycles. The number of rotatable bonds is 6. The van der Waals surface area contributed by atoms with Gasteiger partial charge in [-0.1, -0.05) is 47.5 Å². The highest BCUT2D eigenvalue weighted by Crippen LogP contribution is 2.20. The number of carbonyl (C=O) groups excluding carboxylic acids is 1. The number of benzene rings is 1. The van der Waals surface area contributed by atoms with Crippen molar-refractivity contribution >= 4 is 35.2 Å². The molecule has 0 aliphatic heterocycles. The van der Waals surface area contributed by atoms with Crippen LogP contribution in [0.15, 0.2) is 48.7 Å². The third-order valence-electron chi connectivity index (χ3n) is 4.37. The summed E-state index contributed by atoms with van der Waals surface area (Å²) in [5.41, 5.74) is 4.64. The highest BCUT2D eigenvalue weighted by molar-refractivity contribution is 6.31. The minimum atomic E-state index is -0.187. The number of nitrogens with one attached hydrogen (secondary N) is 1. The first kappa shape index (κ1) is 20.1. The lowest BCUT2D eigenvalue weighted by molar-refractivity contribution is -0.116. The molecule has 5 nitrogen and oxygen atoms in total. The van der Waals surface area contributed by atoms with E-state index in [0.717, 1.165) is 28.1 Å². The van der Waals surface area contributed by atoms with Gasteiger partial charge >= 0.3 is 0 Å². The van der Waals surface area contributed by atoms with Gasteiger partial charge in [-0.15, -0.1) is 0 Å². The first-order valence-corrected chi connectivity index (χ1v) is 9.53. The molecule has 28 heavy (non-hydrogen) atoms. The smallest absolute Gasteiger partial charge is 0.244 e. The molecule has 3 rings (SSSR count). The lowest BCUT2D eigenvalue weighted by atomic mass is 10.1. The van der Waals surface area contributed by atoms with Crippen LogP contribution in [0, 0.1) is 13.8 Å². The van der Waals surface area contributed by atoms with Crippen LogP contribution >= 0.6 is 23.2 Å². The van der Waals surface area contributed by atoms with Crippen LogP contribution in [0.5, 0.6) is 0 Å². The van der Waals surface area contributed by atoms with Crippen LogP contribution in [-0.4, -0.2) is 20.7 Å². The second-order valence-corrected chi connectivity index (χ2v) is 7.17. The van der Waals surface area contributed by atoms with Crippen molar-refractivity contribution in [2.24, 2.45) is 0 Å². The summed E-state index contributed by atoms with van der Waals surface area (Å²) >= 11 is 12.0. The van der Waals surface area contributed by atoms with Gasteiger partial charge in [0.05, 0.1) is 12.2 Å². The molecular weight excluding hydrogens is 395 g/mol. The summed E-state index contributed by atoms with van der Waals surface area (Å²) in [7, 11) is 0. The number of pyridine rings is 1. The Morgan fingerprint density at radius 2 is 1.96 bits per heavy atom. The molecule has 0 spiro atoms. The van der Waals surface area contributed by atoms with Crippen LogP contribution in [0.3, 0.4) is 0 Å². The normalized spacial score (nSPS) is 11.1. The molecule has 7 heteroatoms. The number of hydrogen-bond acceptors (Lipinski definition) is 3. The van der Waals surface area contributed by atoms with E-state index < -0.39 is 0 Å². The maximum atomic E-state index is 12.1. The van der Waals surface area contributed by atoms with Crippen LogP contribution in [-0.2, 0) is 17.9 Å². The van der Waals surface area contributed by atoms with E-state index in [4.69, 9.17) is 23.2 Å². The quantitative estimate of drug-likeness (QED) is 0.474. The highest BCUT2D eigenvalue weighted by atomic mass is 35.5. The van der Waals surface area contributed by atoms with Crippen LogP contribution in [0.25, 0.3) is 6.08 Å². The van der Waals surface area contributed by atoms with Crippen LogP contribution in [0.4, 0.5) is 0 Å². The first-order valence-electron chi connectivity index (χ1n) is 8.78. The summed E-state index contributed by atoms with van der Waals surface area (Å²) in [5, 5.41) is 8.55. The lowest BCUT2D eigenvalue weighted by Crippen LogP contribution is -2.20. The third-order valence-corrected chi connectivity index (χ3v) is 4.96. The van der Waals surface area contributed by atoms with Crippen molar-refractivity contribution < 1.29 is 4.79 Å². The summed E-state index contributed by atoms with van der Waals surface area (Å²) in [5.74, 6) is -0.187. The molecule has 1 N–H and O–H groups in total. The van der Waals surface area contributed by atoms with E-state index in [-0.39, 0.29) is 5.91 Å². The van der Waals surface area contributed by atoms with Crippen molar-refractivity contribution in [2.45, 2.75) is 26.9 Å². The third kappa shape index (κ3) is 5.00. The minimum Gasteiger partial charge on any atom is -0.348 e. The lowest BCUT2D eigenvalue weighted by Gasteiger charge is -2.06. The van der Waals surface area contributed by atoms with Gasteiger partial charge in [0.15, 0.2) is 0 Å². The van der Waals surface area contributed by atoms with E-state index in [0.29, 0.717) is 23.3 Å². The summed E-state index contributed by atoms with van der Waals surface area (Å²) in [6, 6.07) is 11.2. The standard InChI is InChI=1S/C21H20Cl2N4O/c1-14-18(8-10-21(28)25-12-16-7-9-20(23)24-11-16)15(2)27(26-14)13-17-5-3-4-6-19(17)22/h3-11H,12-13H2,1-2H3,(H,25,28)/b10-8+. The molecule has 2 aromatic heterocycles. The molecule has 144 valence electrons. The van der Waals surface area contributed by atoms with Crippen LogP contribution in [0.1, 0.15) is 28.1 Å². The van der Waals surface area contributed by atoms with Crippen LogP contribution < -0.4 is 5.32 Å². The molecule has 0 aliphatic rings. The predicted octanol–water partition coefficient (Wildman–Crippen LogP) is 4.58. The molecule has 0 bridgehead atoms. The zero-order chi connectivity index (χ0) is 20.1. The minimum absolute atomic E-state index is 0.187. The number of nitrogens with zero attached hydrogens (tertiary/aromatic N) is 3. The van der Waals surface area contributed by atoms with Crippen molar-refractivity contribution in [1.29, 1.82) is 0 Å². The molecule has 0 atom stereocenters. The Labute approximate surface area is 174 Å². The molecule has 0 saturated carbocycles. The Hall–Kier alpha value is -2.63. The Bertz CT molecular complexity index is 1010. The average Bonchev–Trinajstić information content (AvgIpc) is 2.94. The Morgan fingerprint density at radius 1 is 1.18 bits per heavy atom. The van der Waals surface area contributed by atoms with Gasteiger partial charge in [0.25, 0.3) is 0 Å². The first-order chi connectivity index (χ1) is 13.4. The van der Waals surface area contributed by atoms with E-state index in [2.05, 4.69) is 15.4 Å². The summed E-state index contributed by atoms with van der Waals surface area (Å²) in [6.45, 7) is 4.87. The number of halogens is 2. The van der Waals surface area contributed by atoms with Crippen LogP contribution in [0.2, 0.25) is 10.2 Å². The monoisotopic (exact) mass is 414 g/mol. The fourth-order valence-corrected chi connectivity index (χ4v) is 3.12. The highest BCUT2D eigenvalue weighted by Gasteiger charge is 2.11. The molecule has 0 fully saturated rings. The molecular formula is C21H20Cl2N4O. The summed E-state index contributed by atoms with van der Waals surface area (Å²) in [4.78, 5) is 16.1. The second kappa shape index (κ2) is 9.04. The Balaban J connectivity index is 1.66. The largest absolute Gasteiger partial charge is 0.348 e. The van der Waals surface area contributed by atoms with E-state index in [1.165, 1.54) is 6.08 Å². The molecule has 0 aliphatic carbocycles. The van der Waals surface area contributed by atoms with E-state index in [1.807, 2.05) is 48.9 Å². The van der Waals surface area contributed by atoms with Gasteiger partial charge < -0.3 is 5.32 Å². The average molecular weight is 415 g/mol. The van der Waals surface area contributed by atoms with Gasteiger partial charge in [-0.2, -0.15) is 5.10 Å². The Morgan fingerprint density at radius 3 is 2.68 bits per heavy atom. The van der Waals surface area contributed by atoms with Gasteiger partial charge in [0.1, 0.15) is 5.15 Å². The van der Waals surface area contributed by atoms with Gasteiger partial charge in [-0.3, -0.25) is 9.48 Å². The predicted molar refractivity (Wildman–Crippen MR) is 112 cm³/mol. The molecule has 0 saturated heterocycles.